The highest BCUT2D eigenvalue weighted by atomic mass is 16.2. The van der Waals surface area contributed by atoms with Crippen LogP contribution in [0.3, 0.4) is 0 Å². The van der Waals surface area contributed by atoms with Crippen LogP contribution in [0.1, 0.15) is 50.2 Å². The summed E-state index contributed by atoms with van der Waals surface area (Å²) in [5, 5.41) is 5.49. The van der Waals surface area contributed by atoms with E-state index in [4.69, 9.17) is 0 Å². The summed E-state index contributed by atoms with van der Waals surface area (Å²) >= 11 is 0. The summed E-state index contributed by atoms with van der Waals surface area (Å²) in [5.74, 6) is -0.208. The number of amides is 3. The number of hydrogen-bond acceptors (Lipinski definition) is 4. The molecular weight excluding hydrogens is 352 g/mol. The number of imide groups is 1. The normalized spacial score (nSPS) is 20.5. The first kappa shape index (κ1) is 20.8. The average Bonchev–Trinajstić information content (AvgIpc) is 2.70. The number of rotatable bonds is 5. The first-order valence-electron chi connectivity index (χ1n) is 10.6. The number of carbonyl (C=O) groups excluding carboxylic acids is 2. The van der Waals surface area contributed by atoms with Crippen LogP contribution in [0.25, 0.3) is 0 Å². The van der Waals surface area contributed by atoms with E-state index in [1.165, 1.54) is 17.5 Å². The molecule has 2 fully saturated rings. The minimum atomic E-state index is -0.345. The van der Waals surface area contributed by atoms with Gasteiger partial charge in [-0.25, -0.2) is 4.79 Å². The Morgan fingerprint density at radius 3 is 2.43 bits per heavy atom. The third-order valence-corrected chi connectivity index (χ3v) is 6.17. The molecule has 1 heterocycles. The number of hydrogen-bond donors (Lipinski definition) is 2. The Morgan fingerprint density at radius 1 is 1.07 bits per heavy atom. The highest BCUT2D eigenvalue weighted by molar-refractivity contribution is 5.96. The fourth-order valence-corrected chi connectivity index (χ4v) is 4.19. The lowest BCUT2D eigenvalue weighted by atomic mass is 9.96. The van der Waals surface area contributed by atoms with Crippen molar-refractivity contribution in [3.8, 4) is 0 Å². The van der Waals surface area contributed by atoms with E-state index in [0.29, 0.717) is 0 Å². The predicted octanol–water partition coefficient (Wildman–Crippen LogP) is 2.66. The largest absolute Gasteiger partial charge is 0.335 e. The molecule has 0 unspecified atom stereocenters. The van der Waals surface area contributed by atoms with Crippen LogP contribution in [-0.4, -0.2) is 60.0 Å². The van der Waals surface area contributed by atoms with Crippen molar-refractivity contribution in [3.05, 3.63) is 35.4 Å². The van der Waals surface area contributed by atoms with Crippen molar-refractivity contribution in [1.29, 1.82) is 0 Å². The molecule has 1 aromatic carbocycles. The van der Waals surface area contributed by atoms with Gasteiger partial charge in [-0.3, -0.25) is 19.9 Å². The van der Waals surface area contributed by atoms with Crippen molar-refractivity contribution < 1.29 is 9.59 Å². The van der Waals surface area contributed by atoms with Gasteiger partial charge in [-0.2, -0.15) is 0 Å². The zero-order valence-electron chi connectivity index (χ0n) is 17.2. The van der Waals surface area contributed by atoms with E-state index in [9.17, 15) is 9.59 Å². The number of nitrogens with one attached hydrogen (secondary N) is 2. The quantitative estimate of drug-likeness (QED) is 0.817. The maximum atomic E-state index is 12.5. The topological polar surface area (TPSA) is 64.7 Å². The van der Waals surface area contributed by atoms with Crippen molar-refractivity contribution >= 4 is 11.9 Å². The standard InChI is InChI=1S/C22H34N4O2/c1-17-8-6-7-9-19(17)16-25-12-14-26(15-13-25)18(2)21(27)24-22(28)23-20-10-4-3-5-11-20/h6-9,18,20H,3-5,10-16H2,1-2H3,(H2,23,24,27,28)/t18-/m0/s1. The van der Waals surface area contributed by atoms with Gasteiger partial charge in [-0.15, -0.1) is 0 Å². The molecule has 3 amide bonds. The maximum absolute atomic E-state index is 12.5. The first-order chi connectivity index (χ1) is 13.5. The molecule has 2 aliphatic rings. The molecule has 1 aromatic rings. The monoisotopic (exact) mass is 386 g/mol. The lowest BCUT2D eigenvalue weighted by molar-refractivity contribution is -0.125. The first-order valence-corrected chi connectivity index (χ1v) is 10.6. The fourth-order valence-electron chi connectivity index (χ4n) is 4.19. The summed E-state index contributed by atoms with van der Waals surface area (Å²) in [5.41, 5.74) is 2.68. The van der Waals surface area contributed by atoms with Crippen molar-refractivity contribution in [3.63, 3.8) is 0 Å². The molecule has 0 radical (unpaired) electrons. The summed E-state index contributed by atoms with van der Waals surface area (Å²) in [7, 11) is 0. The van der Waals surface area contributed by atoms with E-state index in [1.807, 2.05) is 6.92 Å². The van der Waals surface area contributed by atoms with Crippen LogP contribution in [0, 0.1) is 6.92 Å². The molecule has 1 atom stereocenters. The van der Waals surface area contributed by atoms with Gasteiger partial charge in [0.2, 0.25) is 5.91 Å². The molecule has 0 aromatic heterocycles. The van der Waals surface area contributed by atoms with Crippen molar-refractivity contribution in [1.82, 2.24) is 20.4 Å². The van der Waals surface area contributed by atoms with Gasteiger partial charge in [-0.1, -0.05) is 43.5 Å². The van der Waals surface area contributed by atoms with Gasteiger partial charge >= 0.3 is 6.03 Å². The van der Waals surface area contributed by atoms with Gasteiger partial charge in [0.05, 0.1) is 6.04 Å². The Hall–Kier alpha value is -1.92. The molecule has 28 heavy (non-hydrogen) atoms. The highest BCUT2D eigenvalue weighted by Crippen LogP contribution is 2.17. The lowest BCUT2D eigenvalue weighted by Gasteiger charge is -2.37. The van der Waals surface area contributed by atoms with Gasteiger partial charge in [0.1, 0.15) is 0 Å². The molecule has 1 saturated heterocycles. The summed E-state index contributed by atoms with van der Waals surface area (Å²) < 4.78 is 0. The van der Waals surface area contributed by atoms with Crippen LogP contribution >= 0.6 is 0 Å². The number of urea groups is 1. The Bertz CT molecular complexity index is 664. The van der Waals surface area contributed by atoms with E-state index in [1.54, 1.807) is 0 Å². The molecule has 154 valence electrons. The Morgan fingerprint density at radius 2 is 1.75 bits per heavy atom. The molecule has 2 N–H and O–H groups in total. The Balaban J connectivity index is 1.41. The zero-order chi connectivity index (χ0) is 19.9. The number of piperazine rings is 1. The summed E-state index contributed by atoms with van der Waals surface area (Å²) in [6.45, 7) is 8.53. The fraction of sp³-hybridized carbons (Fsp3) is 0.636. The third-order valence-electron chi connectivity index (χ3n) is 6.17. The molecular formula is C22H34N4O2. The number of carbonyl (C=O) groups is 2. The number of aryl methyl sites for hydroxylation is 1. The van der Waals surface area contributed by atoms with E-state index < -0.39 is 0 Å². The van der Waals surface area contributed by atoms with Crippen LogP contribution in [0.2, 0.25) is 0 Å². The molecule has 0 spiro atoms. The molecule has 3 rings (SSSR count). The lowest BCUT2D eigenvalue weighted by Crippen LogP contribution is -2.55. The third kappa shape index (κ3) is 5.79. The molecule has 6 nitrogen and oxygen atoms in total. The van der Waals surface area contributed by atoms with Crippen molar-refractivity contribution in [2.24, 2.45) is 0 Å². The van der Waals surface area contributed by atoms with E-state index in [0.717, 1.165) is 58.4 Å². The second-order valence-corrected chi connectivity index (χ2v) is 8.21. The van der Waals surface area contributed by atoms with Gasteiger partial charge in [-0.05, 0) is 37.8 Å². The summed E-state index contributed by atoms with van der Waals surface area (Å²) in [4.78, 5) is 29.2. The molecule has 6 heteroatoms. The second-order valence-electron chi connectivity index (χ2n) is 8.21. The maximum Gasteiger partial charge on any atom is 0.321 e. The van der Waals surface area contributed by atoms with E-state index >= 15 is 0 Å². The van der Waals surface area contributed by atoms with Crippen LogP contribution < -0.4 is 10.6 Å². The predicted molar refractivity (Wildman–Crippen MR) is 111 cm³/mol. The van der Waals surface area contributed by atoms with Crippen LogP contribution in [0.4, 0.5) is 4.79 Å². The van der Waals surface area contributed by atoms with E-state index in [2.05, 4.69) is 51.6 Å². The van der Waals surface area contributed by atoms with Gasteiger partial charge < -0.3 is 5.32 Å². The molecule has 0 bridgehead atoms. The number of benzene rings is 1. The van der Waals surface area contributed by atoms with Crippen molar-refractivity contribution in [2.75, 3.05) is 26.2 Å². The van der Waals surface area contributed by atoms with Crippen molar-refractivity contribution in [2.45, 2.75) is 64.6 Å². The summed E-state index contributed by atoms with van der Waals surface area (Å²) in [6, 6.07) is 8.06. The van der Waals surface area contributed by atoms with Gasteiger partial charge in [0.25, 0.3) is 0 Å². The minimum Gasteiger partial charge on any atom is -0.335 e. The molecule has 1 saturated carbocycles. The average molecular weight is 387 g/mol. The number of nitrogens with zero attached hydrogens (tertiary/aromatic N) is 2. The van der Waals surface area contributed by atoms with Crippen LogP contribution in [-0.2, 0) is 11.3 Å². The highest BCUT2D eigenvalue weighted by Gasteiger charge is 2.27. The van der Waals surface area contributed by atoms with Crippen LogP contribution in [0.15, 0.2) is 24.3 Å². The Labute approximate surface area is 168 Å². The molecule has 1 aliphatic carbocycles. The SMILES string of the molecule is Cc1ccccc1CN1CCN([C@@H](C)C(=O)NC(=O)NC2CCCCC2)CC1. The summed E-state index contributed by atoms with van der Waals surface area (Å²) in [6.07, 6.45) is 5.58. The zero-order valence-corrected chi connectivity index (χ0v) is 17.2. The molecule has 1 aliphatic heterocycles. The van der Waals surface area contributed by atoms with Crippen LogP contribution in [0.5, 0.6) is 0 Å². The minimum absolute atomic E-state index is 0.208. The second kappa shape index (κ2) is 10.0. The smallest absolute Gasteiger partial charge is 0.321 e. The van der Waals surface area contributed by atoms with Gasteiger partial charge in [0, 0.05) is 38.8 Å². The van der Waals surface area contributed by atoms with Gasteiger partial charge in [0.15, 0.2) is 0 Å². The Kier molecular flexibility index (Phi) is 7.45. The van der Waals surface area contributed by atoms with E-state index in [-0.39, 0.29) is 24.0 Å².